The summed E-state index contributed by atoms with van der Waals surface area (Å²) in [4.78, 5) is 0. The summed E-state index contributed by atoms with van der Waals surface area (Å²) < 4.78 is 72.7. The molecule has 3 nitrogen and oxygen atoms in total. The van der Waals surface area contributed by atoms with Gasteiger partial charge in [-0.05, 0) is 5.92 Å². The van der Waals surface area contributed by atoms with Gasteiger partial charge in [-0.3, -0.25) is 0 Å². The Bertz CT molecular complexity index is 294. The van der Waals surface area contributed by atoms with Crippen molar-refractivity contribution in [3.05, 3.63) is 0 Å². The molecule has 1 saturated heterocycles. The van der Waals surface area contributed by atoms with Crippen LogP contribution in [0.15, 0.2) is 0 Å². The Morgan fingerprint density at radius 1 is 1.44 bits per heavy atom. The highest BCUT2D eigenvalue weighted by Crippen LogP contribution is 2.49. The average molecular weight is 278 g/mol. The van der Waals surface area contributed by atoms with Gasteiger partial charge in [-0.2, -0.15) is 22.0 Å². The number of aliphatic hydroxyl groups is 1. The van der Waals surface area contributed by atoms with Crippen LogP contribution >= 0.6 is 0 Å². The zero-order valence-corrected chi connectivity index (χ0v) is 9.93. The van der Waals surface area contributed by atoms with E-state index >= 15 is 0 Å². The minimum atomic E-state index is -5.58. The van der Waals surface area contributed by atoms with Gasteiger partial charge in [-0.1, -0.05) is 20.3 Å². The zero-order valence-electron chi connectivity index (χ0n) is 9.93. The third-order valence-corrected chi connectivity index (χ3v) is 2.96. The lowest BCUT2D eigenvalue weighted by Gasteiger charge is -2.31. The molecule has 3 atom stereocenters. The van der Waals surface area contributed by atoms with Crippen LogP contribution in [0.25, 0.3) is 0 Å². The van der Waals surface area contributed by atoms with Crippen LogP contribution in [0.3, 0.4) is 0 Å². The Balaban J connectivity index is 2.77. The first-order valence-electron chi connectivity index (χ1n) is 5.48. The number of hydrogen-bond donors (Lipinski definition) is 1. The van der Waals surface area contributed by atoms with E-state index in [2.05, 4.69) is 4.74 Å². The summed E-state index contributed by atoms with van der Waals surface area (Å²) in [6.07, 6.45) is -7.04. The first kappa shape index (κ1) is 15.6. The van der Waals surface area contributed by atoms with Crippen LogP contribution in [0.1, 0.15) is 20.3 Å². The zero-order chi connectivity index (χ0) is 14.2. The normalized spacial score (nSPS) is 33.7. The Labute approximate surface area is 101 Å². The Morgan fingerprint density at radius 2 is 2.00 bits per heavy atom. The SMILES string of the molecule is CCC(C)COC1COC(O)(C(F)(F)F)C1(F)F. The van der Waals surface area contributed by atoms with E-state index in [1.54, 1.807) is 13.8 Å². The van der Waals surface area contributed by atoms with E-state index in [0.717, 1.165) is 0 Å². The molecule has 0 aliphatic carbocycles. The average Bonchev–Trinajstić information content (AvgIpc) is 2.48. The number of hydrogen-bond acceptors (Lipinski definition) is 3. The minimum Gasteiger partial charge on any atom is -0.369 e. The molecule has 0 bridgehead atoms. The maximum absolute atomic E-state index is 13.5. The molecular formula is C10H15F5O3. The molecule has 108 valence electrons. The van der Waals surface area contributed by atoms with E-state index in [-0.39, 0.29) is 12.5 Å². The van der Waals surface area contributed by atoms with Gasteiger partial charge >= 0.3 is 17.9 Å². The van der Waals surface area contributed by atoms with E-state index in [9.17, 15) is 22.0 Å². The minimum absolute atomic E-state index is 0.0691. The van der Waals surface area contributed by atoms with Gasteiger partial charge in [0.2, 0.25) is 0 Å². The van der Waals surface area contributed by atoms with Crippen LogP contribution in [0.2, 0.25) is 0 Å². The summed E-state index contributed by atoms with van der Waals surface area (Å²) in [6, 6.07) is 0. The molecule has 0 radical (unpaired) electrons. The lowest BCUT2D eigenvalue weighted by molar-refractivity contribution is -0.406. The largest absolute Gasteiger partial charge is 0.449 e. The third kappa shape index (κ3) is 2.46. The van der Waals surface area contributed by atoms with Crippen molar-refractivity contribution < 1.29 is 36.5 Å². The van der Waals surface area contributed by atoms with E-state index < -0.39 is 30.6 Å². The molecule has 0 amide bonds. The first-order chi connectivity index (χ1) is 8.06. The van der Waals surface area contributed by atoms with E-state index in [0.29, 0.717) is 6.42 Å². The summed E-state index contributed by atoms with van der Waals surface area (Å²) in [5, 5.41) is 8.97. The fraction of sp³-hybridized carbons (Fsp3) is 1.00. The second-order valence-electron chi connectivity index (χ2n) is 4.41. The number of alkyl halides is 5. The highest BCUT2D eigenvalue weighted by atomic mass is 19.4. The van der Waals surface area contributed by atoms with Crippen molar-refractivity contribution >= 4 is 0 Å². The lowest BCUT2D eigenvalue weighted by Crippen LogP contribution is -2.59. The quantitative estimate of drug-likeness (QED) is 0.802. The van der Waals surface area contributed by atoms with Gasteiger partial charge in [0.05, 0.1) is 6.61 Å². The summed E-state index contributed by atoms with van der Waals surface area (Å²) in [5.41, 5.74) is 0. The van der Waals surface area contributed by atoms with Gasteiger partial charge in [0.15, 0.2) is 6.10 Å². The van der Waals surface area contributed by atoms with Crippen LogP contribution in [0.4, 0.5) is 22.0 Å². The van der Waals surface area contributed by atoms with Gasteiger partial charge in [-0.25, -0.2) is 0 Å². The van der Waals surface area contributed by atoms with Crippen molar-refractivity contribution in [2.45, 2.75) is 44.3 Å². The molecule has 0 aromatic rings. The van der Waals surface area contributed by atoms with E-state index in [4.69, 9.17) is 9.84 Å². The molecule has 0 aromatic carbocycles. The van der Waals surface area contributed by atoms with E-state index in [1.807, 2.05) is 0 Å². The van der Waals surface area contributed by atoms with Crippen LogP contribution in [0.5, 0.6) is 0 Å². The molecule has 1 rings (SSSR count). The molecule has 1 fully saturated rings. The van der Waals surface area contributed by atoms with Crippen LogP contribution < -0.4 is 0 Å². The molecule has 0 saturated carbocycles. The molecule has 0 spiro atoms. The fourth-order valence-corrected chi connectivity index (χ4v) is 1.44. The van der Waals surface area contributed by atoms with Crippen molar-refractivity contribution in [1.82, 2.24) is 0 Å². The highest BCUT2D eigenvalue weighted by Gasteiger charge is 2.77. The lowest BCUT2D eigenvalue weighted by atomic mass is 10.1. The molecule has 0 aromatic heterocycles. The molecule has 3 unspecified atom stereocenters. The number of rotatable bonds is 4. The maximum Gasteiger partial charge on any atom is 0.449 e. The van der Waals surface area contributed by atoms with Crippen molar-refractivity contribution in [3.8, 4) is 0 Å². The predicted molar refractivity (Wildman–Crippen MR) is 51.1 cm³/mol. The molecule has 1 aliphatic rings. The fourth-order valence-electron chi connectivity index (χ4n) is 1.44. The summed E-state index contributed by atoms with van der Waals surface area (Å²) in [6.45, 7) is 2.39. The third-order valence-electron chi connectivity index (χ3n) is 2.96. The number of halogens is 5. The molecule has 8 heteroatoms. The Kier molecular flexibility index (Phi) is 4.24. The van der Waals surface area contributed by atoms with Crippen molar-refractivity contribution in [2.24, 2.45) is 5.92 Å². The van der Waals surface area contributed by atoms with Gasteiger partial charge in [0.1, 0.15) is 0 Å². The molecular weight excluding hydrogens is 263 g/mol. The summed E-state index contributed by atoms with van der Waals surface area (Å²) in [7, 11) is 0. The van der Waals surface area contributed by atoms with Crippen molar-refractivity contribution in [1.29, 1.82) is 0 Å². The number of ether oxygens (including phenoxy) is 2. The standard InChI is InChI=1S/C10H15F5O3/c1-3-6(2)4-17-7-5-18-9(16,8(7,11)12)10(13,14)15/h6-7,16H,3-5H2,1-2H3. The summed E-state index contributed by atoms with van der Waals surface area (Å²) in [5.74, 6) is -9.07. The van der Waals surface area contributed by atoms with Crippen LogP contribution in [-0.2, 0) is 9.47 Å². The van der Waals surface area contributed by atoms with Crippen molar-refractivity contribution in [2.75, 3.05) is 13.2 Å². The second kappa shape index (κ2) is 4.90. The Morgan fingerprint density at radius 3 is 2.39 bits per heavy atom. The van der Waals surface area contributed by atoms with Gasteiger partial charge in [0, 0.05) is 6.61 Å². The van der Waals surface area contributed by atoms with Gasteiger partial charge in [0.25, 0.3) is 0 Å². The molecule has 1 N–H and O–H groups in total. The van der Waals surface area contributed by atoms with Crippen molar-refractivity contribution in [3.63, 3.8) is 0 Å². The van der Waals surface area contributed by atoms with Crippen LogP contribution in [0, 0.1) is 5.92 Å². The molecule has 1 aliphatic heterocycles. The topological polar surface area (TPSA) is 38.7 Å². The molecule has 1 heterocycles. The maximum atomic E-state index is 13.5. The predicted octanol–water partition coefficient (Wildman–Crippen LogP) is 2.33. The molecule has 18 heavy (non-hydrogen) atoms. The monoisotopic (exact) mass is 278 g/mol. The highest BCUT2D eigenvalue weighted by molar-refractivity contribution is 5.02. The Hall–Kier alpha value is -0.470. The first-order valence-corrected chi connectivity index (χ1v) is 5.48. The smallest absolute Gasteiger partial charge is 0.369 e. The second-order valence-corrected chi connectivity index (χ2v) is 4.41. The van der Waals surface area contributed by atoms with Crippen LogP contribution in [-0.4, -0.2) is 42.3 Å². The van der Waals surface area contributed by atoms with E-state index in [1.165, 1.54) is 0 Å². The van der Waals surface area contributed by atoms with Gasteiger partial charge in [-0.15, -0.1) is 0 Å². The van der Waals surface area contributed by atoms with Gasteiger partial charge < -0.3 is 14.6 Å². The summed E-state index contributed by atoms with van der Waals surface area (Å²) >= 11 is 0.